The second kappa shape index (κ2) is 5.17. The predicted octanol–water partition coefficient (Wildman–Crippen LogP) is 2.16. The van der Waals surface area contributed by atoms with Gasteiger partial charge in [0.1, 0.15) is 5.82 Å². The molecule has 0 aliphatic heterocycles. The van der Waals surface area contributed by atoms with Gasteiger partial charge in [-0.1, -0.05) is 12.1 Å². The van der Waals surface area contributed by atoms with Crippen LogP contribution in [0.1, 0.15) is 30.7 Å². The number of carbonyl (C=O) groups is 1. The highest BCUT2D eigenvalue weighted by molar-refractivity contribution is 5.82. The van der Waals surface area contributed by atoms with E-state index in [4.69, 9.17) is 0 Å². The van der Waals surface area contributed by atoms with Crippen molar-refractivity contribution in [1.29, 1.82) is 0 Å². The highest BCUT2D eigenvalue weighted by atomic mass is 19.1. The molecule has 3 atom stereocenters. The number of halogens is 1. The van der Waals surface area contributed by atoms with Gasteiger partial charge in [-0.3, -0.25) is 4.79 Å². The Bertz CT molecular complexity index is 498. The normalized spacial score (nSPS) is 26.1. The SMILES string of the molecule is CN(CC(O)C1CC1)C(=O)C1CC1c1ccc(F)cc1. The van der Waals surface area contributed by atoms with Gasteiger partial charge >= 0.3 is 0 Å². The zero-order valence-corrected chi connectivity index (χ0v) is 11.6. The van der Waals surface area contributed by atoms with E-state index in [9.17, 15) is 14.3 Å². The lowest BCUT2D eigenvalue weighted by molar-refractivity contribution is -0.132. The Morgan fingerprint density at radius 1 is 1.40 bits per heavy atom. The van der Waals surface area contributed by atoms with E-state index in [0.29, 0.717) is 12.5 Å². The second-order valence-electron chi connectivity index (χ2n) is 6.12. The molecule has 3 rings (SSSR count). The van der Waals surface area contributed by atoms with Crippen molar-refractivity contribution in [2.75, 3.05) is 13.6 Å². The lowest BCUT2D eigenvalue weighted by Gasteiger charge is -2.21. The monoisotopic (exact) mass is 277 g/mol. The van der Waals surface area contributed by atoms with E-state index < -0.39 is 0 Å². The molecule has 0 bridgehead atoms. The molecule has 3 nitrogen and oxygen atoms in total. The summed E-state index contributed by atoms with van der Waals surface area (Å²) < 4.78 is 12.9. The third-order valence-corrected chi connectivity index (χ3v) is 4.41. The maximum atomic E-state index is 12.9. The molecule has 3 unspecified atom stereocenters. The van der Waals surface area contributed by atoms with Gasteiger partial charge in [0.05, 0.1) is 6.10 Å². The summed E-state index contributed by atoms with van der Waals surface area (Å²) in [5, 5.41) is 9.89. The van der Waals surface area contributed by atoms with Gasteiger partial charge in [0, 0.05) is 19.5 Å². The summed E-state index contributed by atoms with van der Waals surface area (Å²) in [5.41, 5.74) is 1.03. The summed E-state index contributed by atoms with van der Waals surface area (Å²) >= 11 is 0. The zero-order valence-electron chi connectivity index (χ0n) is 11.6. The summed E-state index contributed by atoms with van der Waals surface area (Å²) in [6.45, 7) is 0.427. The first-order valence-corrected chi connectivity index (χ1v) is 7.24. The molecule has 2 aliphatic rings. The van der Waals surface area contributed by atoms with E-state index in [1.807, 2.05) is 0 Å². The fraction of sp³-hybridized carbons (Fsp3) is 0.562. The standard InChI is InChI=1S/C16H20FNO2/c1-18(9-15(19)11-2-3-11)16(20)14-8-13(14)10-4-6-12(17)7-5-10/h4-7,11,13-15,19H,2-3,8-9H2,1H3. The van der Waals surface area contributed by atoms with Crippen molar-refractivity contribution < 1.29 is 14.3 Å². The van der Waals surface area contributed by atoms with Crippen LogP contribution in [-0.4, -0.2) is 35.6 Å². The minimum Gasteiger partial charge on any atom is -0.391 e. The Morgan fingerprint density at radius 3 is 2.65 bits per heavy atom. The summed E-state index contributed by atoms with van der Waals surface area (Å²) in [4.78, 5) is 13.9. The molecule has 0 aromatic heterocycles. The third-order valence-electron chi connectivity index (χ3n) is 4.41. The molecular weight excluding hydrogens is 257 g/mol. The first-order chi connectivity index (χ1) is 9.56. The number of hydrogen-bond donors (Lipinski definition) is 1. The van der Waals surface area contributed by atoms with Crippen LogP contribution in [0.15, 0.2) is 24.3 Å². The van der Waals surface area contributed by atoms with Crippen LogP contribution in [0, 0.1) is 17.7 Å². The molecule has 108 valence electrons. The smallest absolute Gasteiger partial charge is 0.226 e. The van der Waals surface area contributed by atoms with Gasteiger partial charge in [0.25, 0.3) is 0 Å². The molecule has 0 heterocycles. The number of aliphatic hydroxyl groups is 1. The third kappa shape index (κ3) is 2.85. The second-order valence-corrected chi connectivity index (χ2v) is 6.12. The first kappa shape index (κ1) is 13.6. The van der Waals surface area contributed by atoms with Gasteiger partial charge in [-0.25, -0.2) is 4.39 Å². The Labute approximate surface area is 118 Å². The highest BCUT2D eigenvalue weighted by Crippen LogP contribution is 2.48. The molecule has 1 amide bonds. The number of likely N-dealkylation sites (N-methyl/N-ethyl adjacent to an activating group) is 1. The Kier molecular flexibility index (Phi) is 3.50. The van der Waals surface area contributed by atoms with E-state index in [0.717, 1.165) is 24.8 Å². The molecule has 1 N–H and O–H groups in total. The van der Waals surface area contributed by atoms with Gasteiger partial charge in [0.15, 0.2) is 0 Å². The van der Waals surface area contributed by atoms with Crippen molar-refractivity contribution in [3.8, 4) is 0 Å². The average Bonchev–Trinajstić information content (AvgIpc) is 3.29. The van der Waals surface area contributed by atoms with Crippen LogP contribution in [0.4, 0.5) is 4.39 Å². The minimum absolute atomic E-state index is 0.00290. The molecule has 2 aliphatic carbocycles. The number of hydrogen-bond acceptors (Lipinski definition) is 2. The lowest BCUT2D eigenvalue weighted by Crippen LogP contribution is -2.36. The fourth-order valence-electron chi connectivity index (χ4n) is 2.83. The molecule has 0 saturated heterocycles. The lowest BCUT2D eigenvalue weighted by atomic mass is 10.1. The van der Waals surface area contributed by atoms with E-state index in [1.54, 1.807) is 24.1 Å². The van der Waals surface area contributed by atoms with E-state index in [-0.39, 0.29) is 29.7 Å². The molecule has 2 fully saturated rings. The molecule has 0 radical (unpaired) electrons. The largest absolute Gasteiger partial charge is 0.391 e. The van der Waals surface area contributed by atoms with Gasteiger partial charge in [-0.15, -0.1) is 0 Å². The van der Waals surface area contributed by atoms with Crippen molar-refractivity contribution in [2.24, 2.45) is 11.8 Å². The molecule has 1 aromatic rings. The summed E-state index contributed by atoms with van der Waals surface area (Å²) in [5.74, 6) is 0.443. The topological polar surface area (TPSA) is 40.5 Å². The van der Waals surface area contributed by atoms with E-state index >= 15 is 0 Å². The number of amides is 1. The Balaban J connectivity index is 1.55. The molecule has 1 aromatic carbocycles. The van der Waals surface area contributed by atoms with E-state index in [1.165, 1.54) is 12.1 Å². The highest BCUT2D eigenvalue weighted by Gasteiger charge is 2.45. The first-order valence-electron chi connectivity index (χ1n) is 7.24. The van der Waals surface area contributed by atoms with Crippen molar-refractivity contribution in [3.05, 3.63) is 35.6 Å². The van der Waals surface area contributed by atoms with Crippen molar-refractivity contribution >= 4 is 5.91 Å². The number of carbonyl (C=O) groups excluding carboxylic acids is 1. The molecular formula is C16H20FNO2. The van der Waals surface area contributed by atoms with Crippen LogP contribution in [0.3, 0.4) is 0 Å². The van der Waals surface area contributed by atoms with Gasteiger partial charge in [-0.05, 0) is 48.8 Å². The quantitative estimate of drug-likeness (QED) is 0.896. The number of benzene rings is 1. The van der Waals surface area contributed by atoms with Gasteiger partial charge in [0.2, 0.25) is 5.91 Å². The minimum atomic E-state index is -0.382. The number of nitrogens with zero attached hydrogens (tertiary/aromatic N) is 1. The van der Waals surface area contributed by atoms with Gasteiger partial charge < -0.3 is 10.0 Å². The van der Waals surface area contributed by atoms with Crippen LogP contribution in [-0.2, 0) is 4.79 Å². The van der Waals surface area contributed by atoms with Crippen LogP contribution in [0.25, 0.3) is 0 Å². The Morgan fingerprint density at radius 2 is 2.05 bits per heavy atom. The average molecular weight is 277 g/mol. The van der Waals surface area contributed by atoms with Crippen LogP contribution >= 0.6 is 0 Å². The molecule has 2 saturated carbocycles. The maximum absolute atomic E-state index is 12.9. The van der Waals surface area contributed by atoms with Crippen LogP contribution in [0.5, 0.6) is 0 Å². The maximum Gasteiger partial charge on any atom is 0.226 e. The van der Waals surface area contributed by atoms with Crippen molar-refractivity contribution in [3.63, 3.8) is 0 Å². The van der Waals surface area contributed by atoms with Crippen molar-refractivity contribution in [2.45, 2.75) is 31.3 Å². The van der Waals surface area contributed by atoms with Crippen molar-refractivity contribution in [1.82, 2.24) is 4.90 Å². The summed E-state index contributed by atoms with van der Waals surface area (Å²) in [6, 6.07) is 6.39. The van der Waals surface area contributed by atoms with Crippen LogP contribution < -0.4 is 0 Å². The van der Waals surface area contributed by atoms with Gasteiger partial charge in [-0.2, -0.15) is 0 Å². The summed E-state index contributed by atoms with van der Waals surface area (Å²) in [6.07, 6.45) is 2.59. The molecule has 4 heteroatoms. The predicted molar refractivity (Wildman–Crippen MR) is 73.6 cm³/mol. The summed E-state index contributed by atoms with van der Waals surface area (Å²) in [7, 11) is 1.76. The molecule has 20 heavy (non-hydrogen) atoms. The number of rotatable bonds is 5. The zero-order chi connectivity index (χ0) is 14.3. The molecule has 0 spiro atoms. The van der Waals surface area contributed by atoms with E-state index in [2.05, 4.69) is 0 Å². The van der Waals surface area contributed by atoms with Crippen LogP contribution in [0.2, 0.25) is 0 Å². The fourth-order valence-corrected chi connectivity index (χ4v) is 2.83. The Hall–Kier alpha value is -1.42. The number of aliphatic hydroxyl groups excluding tert-OH is 1.